The highest BCUT2D eigenvalue weighted by Crippen LogP contribution is 2.17. The van der Waals surface area contributed by atoms with Gasteiger partial charge in [0.25, 0.3) is 0 Å². The van der Waals surface area contributed by atoms with Crippen LogP contribution >= 0.6 is 0 Å². The molecule has 0 spiro atoms. The third kappa shape index (κ3) is 7.95. The first kappa shape index (κ1) is 22.9. The van der Waals surface area contributed by atoms with Gasteiger partial charge in [0, 0.05) is 45.8 Å². The number of nitrogens with one attached hydrogen (secondary N) is 2. The number of hydrogen-bond acceptors (Lipinski definition) is 4. The van der Waals surface area contributed by atoms with E-state index in [9.17, 15) is 4.79 Å². The number of hydrogen-bond donors (Lipinski definition) is 2. The molecule has 162 valence electrons. The lowest BCUT2D eigenvalue weighted by Gasteiger charge is -2.34. The highest BCUT2D eigenvalue weighted by atomic mass is 16.5. The highest BCUT2D eigenvalue weighted by molar-refractivity contribution is 5.84. The van der Waals surface area contributed by atoms with Gasteiger partial charge < -0.3 is 20.3 Å². The number of likely N-dealkylation sites (tertiary alicyclic amines) is 1. The molecule has 2 N–H and O–H groups in total. The predicted octanol–water partition coefficient (Wildman–Crippen LogP) is 1.55. The number of amides is 1. The van der Waals surface area contributed by atoms with Crippen molar-refractivity contribution < 1.29 is 9.53 Å². The maximum Gasteiger partial charge on any atom is 0.243 e. The zero-order chi connectivity index (χ0) is 20.4. The van der Waals surface area contributed by atoms with Gasteiger partial charge in [-0.2, -0.15) is 0 Å². The van der Waals surface area contributed by atoms with Crippen LogP contribution in [0.4, 0.5) is 0 Å². The van der Waals surface area contributed by atoms with Crippen molar-refractivity contribution in [2.24, 2.45) is 16.8 Å². The Labute approximate surface area is 171 Å². The fraction of sp³-hybridized carbons (Fsp3) is 0.905. The third-order valence-corrected chi connectivity index (χ3v) is 5.81. The van der Waals surface area contributed by atoms with Crippen LogP contribution in [0.2, 0.25) is 0 Å². The van der Waals surface area contributed by atoms with Crippen LogP contribution in [0.5, 0.6) is 0 Å². The molecular formula is C21H41N5O2. The highest BCUT2D eigenvalue weighted by Gasteiger charge is 2.23. The van der Waals surface area contributed by atoms with Crippen LogP contribution in [0, 0.1) is 11.8 Å². The topological polar surface area (TPSA) is 69.2 Å². The molecule has 0 aromatic heterocycles. The molecule has 0 radical (unpaired) electrons. The van der Waals surface area contributed by atoms with Gasteiger partial charge in [-0.05, 0) is 38.3 Å². The largest absolute Gasteiger partial charge is 0.381 e. The van der Waals surface area contributed by atoms with Crippen molar-refractivity contribution in [2.45, 2.75) is 52.0 Å². The molecule has 0 bridgehead atoms. The van der Waals surface area contributed by atoms with E-state index in [0.717, 1.165) is 38.7 Å². The average Bonchev–Trinajstić information content (AvgIpc) is 3.04. The number of rotatable bonds is 8. The van der Waals surface area contributed by atoms with Crippen LogP contribution in [-0.2, 0) is 9.53 Å². The standard InChI is InChI=1S/C21H41N5O2/c1-17(2)19(26-10-7-5-6-8-11-26)14-23-21(24-15-20(27)25(3)4)22-13-18-9-12-28-16-18/h17-19H,5-16H2,1-4H3,(H2,22,23,24). The number of aliphatic imine (C=N–C) groups is 1. The molecule has 2 fully saturated rings. The average molecular weight is 396 g/mol. The van der Waals surface area contributed by atoms with Crippen LogP contribution in [-0.4, -0.2) is 87.7 Å². The molecule has 28 heavy (non-hydrogen) atoms. The lowest BCUT2D eigenvalue weighted by Crippen LogP contribution is -2.50. The zero-order valence-electron chi connectivity index (χ0n) is 18.4. The van der Waals surface area contributed by atoms with Crippen LogP contribution in [0.3, 0.4) is 0 Å². The van der Waals surface area contributed by atoms with Crippen LogP contribution in [0.25, 0.3) is 0 Å². The van der Waals surface area contributed by atoms with E-state index in [4.69, 9.17) is 4.74 Å². The van der Waals surface area contributed by atoms with Gasteiger partial charge >= 0.3 is 0 Å². The Morgan fingerprint density at radius 2 is 1.89 bits per heavy atom. The van der Waals surface area contributed by atoms with Crippen molar-refractivity contribution in [1.82, 2.24) is 20.4 Å². The van der Waals surface area contributed by atoms with Gasteiger partial charge in [0.2, 0.25) is 5.91 Å². The summed E-state index contributed by atoms with van der Waals surface area (Å²) in [6, 6.07) is 0.476. The van der Waals surface area contributed by atoms with E-state index in [1.165, 1.54) is 38.8 Å². The van der Waals surface area contributed by atoms with Crippen LogP contribution < -0.4 is 10.6 Å². The van der Waals surface area contributed by atoms with E-state index in [0.29, 0.717) is 17.9 Å². The van der Waals surface area contributed by atoms with Crippen molar-refractivity contribution in [1.29, 1.82) is 0 Å². The Bertz CT molecular complexity index is 481. The summed E-state index contributed by atoms with van der Waals surface area (Å²) in [4.78, 5) is 20.7. The monoisotopic (exact) mass is 395 g/mol. The van der Waals surface area contributed by atoms with Crippen molar-refractivity contribution in [3.05, 3.63) is 0 Å². The van der Waals surface area contributed by atoms with Gasteiger partial charge in [-0.3, -0.25) is 9.69 Å². The molecule has 7 heteroatoms. The molecule has 2 saturated heterocycles. The van der Waals surface area contributed by atoms with E-state index in [-0.39, 0.29) is 12.5 Å². The van der Waals surface area contributed by atoms with Crippen LogP contribution in [0.15, 0.2) is 4.99 Å². The minimum atomic E-state index is 0.0122. The second-order valence-corrected chi connectivity index (χ2v) is 8.71. The summed E-state index contributed by atoms with van der Waals surface area (Å²) in [6.45, 7) is 10.5. The molecule has 0 saturated carbocycles. The summed E-state index contributed by atoms with van der Waals surface area (Å²) in [5, 5.41) is 6.96. The van der Waals surface area contributed by atoms with E-state index in [2.05, 4.69) is 34.4 Å². The van der Waals surface area contributed by atoms with Gasteiger partial charge in [0.1, 0.15) is 6.54 Å². The minimum Gasteiger partial charge on any atom is -0.381 e. The third-order valence-electron chi connectivity index (χ3n) is 5.81. The van der Waals surface area contributed by atoms with Gasteiger partial charge in [0.15, 0.2) is 5.96 Å². The normalized spacial score (nSPS) is 22.8. The van der Waals surface area contributed by atoms with Gasteiger partial charge in [0.05, 0.1) is 6.61 Å². The molecular weight excluding hydrogens is 354 g/mol. The molecule has 2 unspecified atom stereocenters. The molecule has 2 aliphatic heterocycles. The second-order valence-electron chi connectivity index (χ2n) is 8.71. The Balaban J connectivity index is 1.94. The second kappa shape index (κ2) is 12.3. The summed E-state index contributed by atoms with van der Waals surface area (Å²) in [5.74, 6) is 1.84. The summed E-state index contributed by atoms with van der Waals surface area (Å²) in [7, 11) is 3.53. The molecule has 2 rings (SSSR count). The van der Waals surface area contributed by atoms with E-state index in [1.54, 1.807) is 19.0 Å². The molecule has 7 nitrogen and oxygen atoms in total. The number of likely N-dealkylation sites (N-methyl/N-ethyl adjacent to an activating group) is 1. The number of carbonyl (C=O) groups excluding carboxylic acids is 1. The lowest BCUT2D eigenvalue weighted by molar-refractivity contribution is -0.127. The molecule has 0 aliphatic carbocycles. The Morgan fingerprint density at radius 1 is 1.18 bits per heavy atom. The van der Waals surface area contributed by atoms with E-state index in [1.807, 2.05) is 0 Å². The summed E-state index contributed by atoms with van der Waals surface area (Å²) < 4.78 is 5.47. The van der Waals surface area contributed by atoms with Gasteiger partial charge in [-0.25, -0.2) is 4.99 Å². The quantitative estimate of drug-likeness (QED) is 0.482. The summed E-state index contributed by atoms with van der Waals surface area (Å²) in [5.41, 5.74) is 0. The first-order chi connectivity index (χ1) is 13.5. The fourth-order valence-electron chi connectivity index (χ4n) is 3.86. The fourth-order valence-corrected chi connectivity index (χ4v) is 3.86. The number of carbonyl (C=O) groups is 1. The summed E-state index contributed by atoms with van der Waals surface area (Å²) in [6.07, 6.45) is 6.36. The number of nitrogens with zero attached hydrogens (tertiary/aromatic N) is 3. The van der Waals surface area contributed by atoms with E-state index < -0.39 is 0 Å². The van der Waals surface area contributed by atoms with Gasteiger partial charge in [-0.1, -0.05) is 26.7 Å². The van der Waals surface area contributed by atoms with Crippen molar-refractivity contribution in [3.8, 4) is 0 Å². The molecule has 2 atom stereocenters. The van der Waals surface area contributed by atoms with Crippen molar-refractivity contribution in [2.75, 3.05) is 60.0 Å². The first-order valence-corrected chi connectivity index (χ1v) is 11.0. The van der Waals surface area contributed by atoms with Crippen molar-refractivity contribution in [3.63, 3.8) is 0 Å². The minimum absolute atomic E-state index is 0.0122. The van der Waals surface area contributed by atoms with E-state index >= 15 is 0 Å². The predicted molar refractivity (Wildman–Crippen MR) is 115 cm³/mol. The number of ether oxygens (including phenoxy) is 1. The molecule has 1 amide bonds. The Hall–Kier alpha value is -1.34. The zero-order valence-corrected chi connectivity index (χ0v) is 18.4. The van der Waals surface area contributed by atoms with Crippen molar-refractivity contribution >= 4 is 11.9 Å². The molecule has 2 aliphatic rings. The molecule has 2 heterocycles. The SMILES string of the molecule is CC(C)C(CNC(=NCC(=O)N(C)C)NCC1CCOC1)N1CCCCCC1. The summed E-state index contributed by atoms with van der Waals surface area (Å²) >= 11 is 0. The first-order valence-electron chi connectivity index (χ1n) is 11.0. The Morgan fingerprint density at radius 3 is 2.46 bits per heavy atom. The smallest absolute Gasteiger partial charge is 0.243 e. The Kier molecular flexibility index (Phi) is 10.1. The lowest BCUT2D eigenvalue weighted by atomic mass is 10.0. The number of guanidine groups is 1. The maximum absolute atomic E-state index is 12.0. The maximum atomic E-state index is 12.0. The van der Waals surface area contributed by atoms with Gasteiger partial charge in [-0.15, -0.1) is 0 Å². The van der Waals surface area contributed by atoms with Crippen LogP contribution in [0.1, 0.15) is 46.0 Å². The molecule has 0 aromatic carbocycles. The molecule has 0 aromatic rings.